The molecular weight excluding hydrogens is 450 g/mol. The van der Waals surface area contributed by atoms with Gasteiger partial charge in [0.1, 0.15) is 5.82 Å². The number of hydrogen-bond donors (Lipinski definition) is 1. The molecule has 1 aliphatic rings. The van der Waals surface area contributed by atoms with E-state index in [0.717, 1.165) is 21.1 Å². The lowest BCUT2D eigenvalue weighted by molar-refractivity contribution is -0.128. The smallest absolute Gasteiger partial charge is 0.257 e. The van der Waals surface area contributed by atoms with Gasteiger partial charge in [-0.15, -0.1) is 0 Å². The number of aromatic amines is 1. The first kappa shape index (κ1) is 20.4. The zero-order valence-corrected chi connectivity index (χ0v) is 18.4. The van der Waals surface area contributed by atoms with Crippen LogP contribution < -0.4 is 9.47 Å². The molecule has 3 aromatic rings. The Morgan fingerprint density at radius 1 is 1.17 bits per heavy atom. The molecule has 0 radical (unpaired) electrons. The van der Waals surface area contributed by atoms with Crippen molar-refractivity contribution in [2.45, 2.75) is 0 Å². The normalized spacial score (nSPS) is 14.8. The van der Waals surface area contributed by atoms with Crippen LogP contribution in [-0.4, -0.2) is 61.3 Å². The Morgan fingerprint density at radius 3 is 2.57 bits per heavy atom. The number of nitrogens with one attached hydrogen (secondary N) is 1. The molecule has 4 rings (SSSR count). The van der Waals surface area contributed by atoms with Crippen LogP contribution in [0.3, 0.4) is 0 Å². The standard InChI is InChI=1S/C22H22BrN3O4/c1-28-19-12-14(16(23)13-20(19)29-2)11-15(22(27)26-7-9-30-10-8-26)21-24-17-5-3-4-6-18(17)25-21/h3-6,11-13H,7-10H2,1-2H3,(H,24,25). The Bertz CT molecular complexity index is 1070. The number of nitrogens with zero attached hydrogens (tertiary/aromatic N) is 2. The number of benzene rings is 2. The first-order valence-corrected chi connectivity index (χ1v) is 10.4. The second kappa shape index (κ2) is 8.89. The maximum atomic E-state index is 13.4. The van der Waals surface area contributed by atoms with Gasteiger partial charge in [-0.3, -0.25) is 4.79 Å². The van der Waals surface area contributed by atoms with Gasteiger partial charge in [0.15, 0.2) is 11.5 Å². The first-order valence-electron chi connectivity index (χ1n) is 9.56. The number of rotatable bonds is 5. The van der Waals surface area contributed by atoms with Gasteiger partial charge in [0, 0.05) is 17.6 Å². The Balaban J connectivity index is 1.83. The van der Waals surface area contributed by atoms with E-state index >= 15 is 0 Å². The third-order valence-corrected chi connectivity index (χ3v) is 5.66. The Kier molecular flexibility index (Phi) is 6.06. The van der Waals surface area contributed by atoms with E-state index in [9.17, 15) is 4.79 Å². The van der Waals surface area contributed by atoms with E-state index in [4.69, 9.17) is 14.2 Å². The van der Waals surface area contributed by atoms with Gasteiger partial charge in [-0.25, -0.2) is 4.98 Å². The number of amides is 1. The second-order valence-corrected chi connectivity index (χ2v) is 7.65. The molecule has 0 spiro atoms. The fourth-order valence-electron chi connectivity index (χ4n) is 3.38. The zero-order valence-electron chi connectivity index (χ0n) is 16.8. The summed E-state index contributed by atoms with van der Waals surface area (Å²) >= 11 is 3.58. The average Bonchev–Trinajstić information content (AvgIpc) is 3.22. The van der Waals surface area contributed by atoms with E-state index in [1.807, 2.05) is 42.5 Å². The van der Waals surface area contributed by atoms with Crippen LogP contribution in [0.2, 0.25) is 0 Å². The van der Waals surface area contributed by atoms with Crippen molar-refractivity contribution >= 4 is 44.5 Å². The summed E-state index contributed by atoms with van der Waals surface area (Å²) < 4.78 is 17.0. The second-order valence-electron chi connectivity index (χ2n) is 6.79. The summed E-state index contributed by atoms with van der Waals surface area (Å²) in [5.41, 5.74) is 2.94. The molecular formula is C22H22BrN3O4. The minimum atomic E-state index is -0.0981. The van der Waals surface area contributed by atoms with Gasteiger partial charge < -0.3 is 24.1 Å². The summed E-state index contributed by atoms with van der Waals surface area (Å²) in [7, 11) is 3.17. The number of carbonyl (C=O) groups is 1. The van der Waals surface area contributed by atoms with E-state index < -0.39 is 0 Å². The van der Waals surface area contributed by atoms with Crippen LogP contribution in [0.5, 0.6) is 11.5 Å². The van der Waals surface area contributed by atoms with E-state index in [0.29, 0.717) is 49.2 Å². The number of H-pyrrole nitrogens is 1. The van der Waals surface area contributed by atoms with Crippen molar-refractivity contribution < 1.29 is 19.0 Å². The summed E-state index contributed by atoms with van der Waals surface area (Å²) in [6.45, 7) is 2.14. The van der Waals surface area contributed by atoms with Crippen LogP contribution in [0.15, 0.2) is 40.9 Å². The number of carbonyl (C=O) groups excluding carboxylic acids is 1. The van der Waals surface area contributed by atoms with Crippen LogP contribution in [0.1, 0.15) is 11.4 Å². The minimum absolute atomic E-state index is 0.0981. The number of imidazole rings is 1. The van der Waals surface area contributed by atoms with E-state index in [2.05, 4.69) is 25.9 Å². The first-order chi connectivity index (χ1) is 14.6. The number of morpholine rings is 1. The number of para-hydroxylation sites is 2. The third kappa shape index (κ3) is 4.06. The van der Waals surface area contributed by atoms with Gasteiger partial charge in [0.05, 0.1) is 44.0 Å². The summed E-state index contributed by atoms with van der Waals surface area (Å²) in [6, 6.07) is 11.4. The molecule has 0 aliphatic carbocycles. The van der Waals surface area contributed by atoms with Gasteiger partial charge in [-0.1, -0.05) is 28.1 Å². The van der Waals surface area contributed by atoms with Crippen molar-refractivity contribution in [1.29, 1.82) is 0 Å². The molecule has 1 N–H and O–H groups in total. The highest BCUT2D eigenvalue weighted by atomic mass is 79.9. The predicted octanol–water partition coefficient (Wildman–Crippen LogP) is 3.74. The molecule has 2 heterocycles. The van der Waals surface area contributed by atoms with Gasteiger partial charge >= 0.3 is 0 Å². The number of halogens is 1. The number of hydrogen-bond acceptors (Lipinski definition) is 5. The molecule has 1 aliphatic heterocycles. The van der Waals surface area contributed by atoms with Crippen molar-refractivity contribution in [1.82, 2.24) is 14.9 Å². The van der Waals surface area contributed by atoms with Crippen LogP contribution in [0.25, 0.3) is 22.7 Å². The monoisotopic (exact) mass is 471 g/mol. The highest BCUT2D eigenvalue weighted by Crippen LogP contribution is 2.35. The molecule has 1 aromatic heterocycles. The number of fused-ring (bicyclic) bond motifs is 1. The molecule has 2 aromatic carbocycles. The molecule has 0 saturated carbocycles. The van der Waals surface area contributed by atoms with Gasteiger partial charge in [-0.2, -0.15) is 0 Å². The molecule has 1 amide bonds. The third-order valence-electron chi connectivity index (χ3n) is 4.98. The summed E-state index contributed by atoms with van der Waals surface area (Å²) in [4.78, 5) is 23.2. The molecule has 7 nitrogen and oxygen atoms in total. The van der Waals surface area contributed by atoms with Crippen molar-refractivity contribution in [2.24, 2.45) is 0 Å². The summed E-state index contributed by atoms with van der Waals surface area (Å²) in [6.07, 6.45) is 1.82. The molecule has 8 heteroatoms. The summed E-state index contributed by atoms with van der Waals surface area (Å²) in [5.74, 6) is 1.61. The van der Waals surface area contributed by atoms with Crippen molar-refractivity contribution in [3.8, 4) is 11.5 Å². The van der Waals surface area contributed by atoms with Crippen molar-refractivity contribution in [2.75, 3.05) is 40.5 Å². The fourth-order valence-corrected chi connectivity index (χ4v) is 3.82. The lowest BCUT2D eigenvalue weighted by Crippen LogP contribution is -2.41. The maximum absolute atomic E-state index is 13.4. The molecule has 30 heavy (non-hydrogen) atoms. The highest BCUT2D eigenvalue weighted by molar-refractivity contribution is 9.10. The predicted molar refractivity (Wildman–Crippen MR) is 119 cm³/mol. The van der Waals surface area contributed by atoms with Crippen LogP contribution >= 0.6 is 15.9 Å². The lowest BCUT2D eigenvalue weighted by Gasteiger charge is -2.27. The quantitative estimate of drug-likeness (QED) is 0.573. The fraction of sp³-hybridized carbons (Fsp3) is 0.273. The van der Waals surface area contributed by atoms with Crippen LogP contribution in [0, 0.1) is 0 Å². The van der Waals surface area contributed by atoms with Gasteiger partial charge in [-0.05, 0) is 35.9 Å². The lowest BCUT2D eigenvalue weighted by atomic mass is 10.1. The largest absolute Gasteiger partial charge is 0.493 e. The zero-order chi connectivity index (χ0) is 21.1. The minimum Gasteiger partial charge on any atom is -0.493 e. The van der Waals surface area contributed by atoms with Crippen molar-refractivity contribution in [3.63, 3.8) is 0 Å². The van der Waals surface area contributed by atoms with Crippen LogP contribution in [0.4, 0.5) is 0 Å². The Morgan fingerprint density at radius 2 is 1.87 bits per heavy atom. The maximum Gasteiger partial charge on any atom is 0.257 e. The van der Waals surface area contributed by atoms with Gasteiger partial charge in [0.25, 0.3) is 5.91 Å². The number of methoxy groups -OCH3 is 2. The molecule has 1 saturated heterocycles. The Labute approximate surface area is 182 Å². The number of ether oxygens (including phenoxy) is 3. The SMILES string of the molecule is COc1cc(Br)c(C=C(C(=O)N2CCOCC2)c2nc3ccccc3[nH]2)cc1OC. The molecule has 156 valence electrons. The van der Waals surface area contributed by atoms with Crippen molar-refractivity contribution in [3.05, 3.63) is 52.3 Å². The average molecular weight is 472 g/mol. The van der Waals surface area contributed by atoms with E-state index in [1.54, 1.807) is 19.1 Å². The highest BCUT2D eigenvalue weighted by Gasteiger charge is 2.24. The van der Waals surface area contributed by atoms with Gasteiger partial charge in [0.2, 0.25) is 0 Å². The molecule has 0 bridgehead atoms. The number of aromatic nitrogens is 2. The Hall–Kier alpha value is -2.84. The van der Waals surface area contributed by atoms with E-state index in [-0.39, 0.29) is 5.91 Å². The topological polar surface area (TPSA) is 76.7 Å². The molecule has 1 fully saturated rings. The van der Waals surface area contributed by atoms with E-state index in [1.165, 1.54) is 0 Å². The van der Waals surface area contributed by atoms with Crippen LogP contribution in [-0.2, 0) is 9.53 Å². The summed E-state index contributed by atoms with van der Waals surface area (Å²) in [5, 5.41) is 0. The molecule has 0 unspecified atom stereocenters. The molecule has 0 atom stereocenters.